The fourth-order valence-corrected chi connectivity index (χ4v) is 5.51. The van der Waals surface area contributed by atoms with Crippen LogP contribution in [0.2, 0.25) is 0 Å². The van der Waals surface area contributed by atoms with Gasteiger partial charge in [0.2, 0.25) is 5.91 Å². The number of carboxylic acid groups (broad SMARTS) is 1. The lowest BCUT2D eigenvalue weighted by Gasteiger charge is -2.12. The van der Waals surface area contributed by atoms with Gasteiger partial charge in [0.25, 0.3) is 0 Å². The van der Waals surface area contributed by atoms with Crippen LogP contribution >= 0.6 is 11.3 Å². The van der Waals surface area contributed by atoms with E-state index < -0.39 is 5.97 Å². The second-order valence-electron chi connectivity index (χ2n) is 9.40. The topological polar surface area (TPSA) is 102 Å². The molecule has 0 aliphatic heterocycles. The SMILES string of the molecule is CCOc1ccc(C(=O)CCC(=O)Nc2cc(-c3ccccc3)c(Cc3ccc(C=CC(=O)O)cc3)s2)cc1OCC. The number of aliphatic carboxylic acids is 1. The number of Topliss-reactive ketones (excluding diaryl/α,β-unsaturated/α-hetero) is 1. The van der Waals surface area contributed by atoms with Gasteiger partial charge >= 0.3 is 5.97 Å². The van der Waals surface area contributed by atoms with E-state index in [0.29, 0.717) is 41.7 Å². The van der Waals surface area contributed by atoms with Crippen molar-refractivity contribution >= 4 is 40.1 Å². The Kier molecular flexibility index (Phi) is 10.7. The van der Waals surface area contributed by atoms with Gasteiger partial charge in [0.15, 0.2) is 17.3 Å². The molecule has 216 valence electrons. The molecule has 4 rings (SSSR count). The lowest BCUT2D eigenvalue weighted by Crippen LogP contribution is -2.13. The molecular weight excluding hydrogens is 550 g/mol. The highest BCUT2D eigenvalue weighted by Gasteiger charge is 2.16. The second kappa shape index (κ2) is 14.8. The Morgan fingerprint density at radius 3 is 2.26 bits per heavy atom. The van der Waals surface area contributed by atoms with E-state index in [1.165, 1.54) is 11.3 Å². The minimum Gasteiger partial charge on any atom is -0.490 e. The Labute approximate surface area is 249 Å². The fraction of sp³-hybridized carbons (Fsp3) is 0.206. The van der Waals surface area contributed by atoms with Gasteiger partial charge in [-0.1, -0.05) is 54.6 Å². The summed E-state index contributed by atoms with van der Waals surface area (Å²) >= 11 is 1.50. The van der Waals surface area contributed by atoms with E-state index in [1.807, 2.05) is 74.5 Å². The first-order valence-electron chi connectivity index (χ1n) is 13.8. The number of nitrogens with one attached hydrogen (secondary N) is 1. The van der Waals surface area contributed by atoms with Crippen molar-refractivity contribution in [2.75, 3.05) is 18.5 Å². The summed E-state index contributed by atoms with van der Waals surface area (Å²) in [5, 5.41) is 12.5. The lowest BCUT2D eigenvalue weighted by molar-refractivity contribution is -0.131. The van der Waals surface area contributed by atoms with Crippen LogP contribution in [0.3, 0.4) is 0 Å². The number of hydrogen-bond acceptors (Lipinski definition) is 6. The van der Waals surface area contributed by atoms with E-state index in [4.69, 9.17) is 14.6 Å². The number of rotatable bonds is 14. The van der Waals surface area contributed by atoms with Crippen LogP contribution in [0.5, 0.6) is 11.5 Å². The first kappa shape index (κ1) is 30.3. The van der Waals surface area contributed by atoms with Crippen molar-refractivity contribution in [2.45, 2.75) is 33.1 Å². The minimum atomic E-state index is -0.990. The van der Waals surface area contributed by atoms with Gasteiger partial charge in [-0.3, -0.25) is 9.59 Å². The standard InChI is InChI=1S/C34H33NO6S/c1-3-40-29-17-15-26(21-30(29)41-4-2)28(36)16-18-32(37)35-33-22-27(25-8-6-5-7-9-25)31(42-33)20-24-12-10-23(11-13-24)14-19-34(38)39/h5-15,17,19,21-22H,3-4,16,18,20H2,1-2H3,(H,35,37)(H,38,39). The van der Waals surface area contributed by atoms with E-state index >= 15 is 0 Å². The van der Waals surface area contributed by atoms with Crippen LogP contribution < -0.4 is 14.8 Å². The lowest BCUT2D eigenvalue weighted by atomic mass is 10.0. The third-order valence-electron chi connectivity index (χ3n) is 6.36. The summed E-state index contributed by atoms with van der Waals surface area (Å²) in [4.78, 5) is 37.6. The number of hydrogen-bond donors (Lipinski definition) is 2. The van der Waals surface area contributed by atoms with Gasteiger partial charge in [-0.2, -0.15) is 0 Å². The molecule has 3 aromatic carbocycles. The van der Waals surface area contributed by atoms with Gasteiger partial charge in [-0.05, 0) is 66.4 Å². The van der Waals surface area contributed by atoms with Gasteiger partial charge in [0.1, 0.15) is 0 Å². The first-order chi connectivity index (χ1) is 20.4. The monoisotopic (exact) mass is 583 g/mol. The zero-order valence-corrected chi connectivity index (χ0v) is 24.4. The molecule has 0 saturated heterocycles. The maximum absolute atomic E-state index is 12.9. The Hall–Kier alpha value is -4.69. The van der Waals surface area contributed by atoms with Crippen molar-refractivity contribution in [3.8, 4) is 22.6 Å². The zero-order chi connectivity index (χ0) is 29.9. The third kappa shape index (κ3) is 8.41. The molecule has 0 saturated carbocycles. The molecule has 1 aromatic heterocycles. The molecule has 0 spiro atoms. The molecule has 7 nitrogen and oxygen atoms in total. The average Bonchev–Trinajstić information content (AvgIpc) is 3.38. The summed E-state index contributed by atoms with van der Waals surface area (Å²) in [7, 11) is 0. The van der Waals surface area contributed by atoms with Gasteiger partial charge in [-0.15, -0.1) is 11.3 Å². The molecule has 42 heavy (non-hydrogen) atoms. The molecule has 0 atom stereocenters. The summed E-state index contributed by atoms with van der Waals surface area (Å²) < 4.78 is 11.2. The van der Waals surface area contributed by atoms with Gasteiger partial charge < -0.3 is 19.9 Å². The second-order valence-corrected chi connectivity index (χ2v) is 10.5. The molecule has 0 bridgehead atoms. The Morgan fingerprint density at radius 1 is 0.857 bits per heavy atom. The van der Waals surface area contributed by atoms with Gasteiger partial charge in [0, 0.05) is 35.8 Å². The Balaban J connectivity index is 1.44. The van der Waals surface area contributed by atoms with Crippen molar-refractivity contribution in [3.63, 3.8) is 0 Å². The van der Waals surface area contributed by atoms with E-state index in [9.17, 15) is 14.4 Å². The number of amides is 1. The molecule has 1 heterocycles. The number of anilines is 1. The predicted molar refractivity (Wildman–Crippen MR) is 167 cm³/mol. The molecule has 2 N–H and O–H groups in total. The summed E-state index contributed by atoms with van der Waals surface area (Å²) in [5.41, 5.74) is 4.41. The number of carbonyl (C=O) groups excluding carboxylic acids is 2. The minimum absolute atomic E-state index is 0.0508. The summed E-state index contributed by atoms with van der Waals surface area (Å²) in [6.45, 7) is 4.69. The number of ether oxygens (including phenoxy) is 2. The molecule has 4 aromatic rings. The van der Waals surface area contributed by atoms with Crippen LogP contribution in [-0.2, 0) is 16.0 Å². The highest BCUT2D eigenvalue weighted by Crippen LogP contribution is 2.36. The van der Waals surface area contributed by atoms with Crippen molar-refractivity contribution in [1.29, 1.82) is 0 Å². The molecule has 0 radical (unpaired) electrons. The average molecular weight is 584 g/mol. The van der Waals surface area contributed by atoms with Crippen LogP contribution in [0.15, 0.2) is 84.9 Å². The third-order valence-corrected chi connectivity index (χ3v) is 7.41. The molecule has 0 fully saturated rings. The molecule has 1 amide bonds. The summed E-state index contributed by atoms with van der Waals surface area (Å²) in [5.74, 6) is -0.271. The molecule has 8 heteroatoms. The maximum atomic E-state index is 12.9. The molecule has 0 unspecified atom stereocenters. The predicted octanol–water partition coefficient (Wildman–Crippen LogP) is 7.50. The van der Waals surface area contributed by atoms with Crippen LogP contribution in [-0.4, -0.2) is 36.0 Å². The van der Waals surface area contributed by atoms with Gasteiger partial charge in [-0.25, -0.2) is 4.79 Å². The number of ketones is 1. The van der Waals surface area contributed by atoms with Crippen molar-refractivity contribution < 1.29 is 29.0 Å². The van der Waals surface area contributed by atoms with E-state index in [1.54, 1.807) is 24.3 Å². The summed E-state index contributed by atoms with van der Waals surface area (Å²) in [6, 6.07) is 24.7. The van der Waals surface area contributed by atoms with Crippen LogP contribution in [0.1, 0.15) is 53.1 Å². The largest absolute Gasteiger partial charge is 0.490 e. The van der Waals surface area contributed by atoms with E-state index in [2.05, 4.69) is 5.32 Å². The van der Waals surface area contributed by atoms with Gasteiger partial charge in [0.05, 0.1) is 18.2 Å². The van der Waals surface area contributed by atoms with Crippen LogP contribution in [0.25, 0.3) is 17.2 Å². The zero-order valence-electron chi connectivity index (χ0n) is 23.6. The van der Waals surface area contributed by atoms with E-state index in [0.717, 1.165) is 33.2 Å². The molecule has 0 aliphatic rings. The normalized spacial score (nSPS) is 10.9. The molecule has 0 aliphatic carbocycles. The fourth-order valence-electron chi connectivity index (χ4n) is 4.38. The Bertz CT molecular complexity index is 1560. The maximum Gasteiger partial charge on any atom is 0.328 e. The number of carboxylic acids is 1. The number of carbonyl (C=O) groups is 3. The van der Waals surface area contributed by atoms with Crippen molar-refractivity contribution in [3.05, 3.63) is 107 Å². The highest BCUT2D eigenvalue weighted by atomic mass is 32.1. The molecular formula is C34H33NO6S. The van der Waals surface area contributed by atoms with Crippen molar-refractivity contribution in [2.24, 2.45) is 0 Å². The van der Waals surface area contributed by atoms with Crippen LogP contribution in [0, 0.1) is 0 Å². The number of thiophene rings is 1. The van der Waals surface area contributed by atoms with Crippen LogP contribution in [0.4, 0.5) is 5.00 Å². The first-order valence-corrected chi connectivity index (χ1v) is 14.6. The highest BCUT2D eigenvalue weighted by molar-refractivity contribution is 7.16. The quantitative estimate of drug-likeness (QED) is 0.118. The smallest absolute Gasteiger partial charge is 0.328 e. The Morgan fingerprint density at radius 2 is 1.57 bits per heavy atom. The summed E-state index contributed by atoms with van der Waals surface area (Å²) in [6.07, 6.45) is 3.43. The number of benzene rings is 3. The van der Waals surface area contributed by atoms with Crippen molar-refractivity contribution in [1.82, 2.24) is 0 Å². The van der Waals surface area contributed by atoms with E-state index in [-0.39, 0.29) is 24.5 Å².